The van der Waals surface area contributed by atoms with Crippen molar-refractivity contribution in [1.82, 2.24) is 15.1 Å². The third kappa shape index (κ3) is 6.43. The lowest BCUT2D eigenvalue weighted by atomic mass is 9.87. The van der Waals surface area contributed by atoms with Crippen LogP contribution in [0.15, 0.2) is 4.99 Å². The van der Waals surface area contributed by atoms with Crippen molar-refractivity contribution in [2.24, 2.45) is 4.99 Å². The Labute approximate surface area is 174 Å². The van der Waals surface area contributed by atoms with Gasteiger partial charge in [-0.25, -0.2) is 0 Å². The van der Waals surface area contributed by atoms with Crippen molar-refractivity contribution in [3.63, 3.8) is 0 Å². The van der Waals surface area contributed by atoms with E-state index in [1.54, 1.807) is 0 Å². The number of halogens is 1. The summed E-state index contributed by atoms with van der Waals surface area (Å²) in [4.78, 5) is 9.94. The standard InChI is InChI=1S/C18H34N4OS.HI/c1-2-19-17(20-8-9-21-10-13-23-14-11-21)22-12-15-24-18(16-22)6-4-3-5-7-18;/h2-16H2,1H3,(H,19,20);1H. The van der Waals surface area contributed by atoms with Gasteiger partial charge in [0.25, 0.3) is 0 Å². The maximum Gasteiger partial charge on any atom is 0.194 e. The van der Waals surface area contributed by atoms with Gasteiger partial charge in [0.15, 0.2) is 5.96 Å². The smallest absolute Gasteiger partial charge is 0.194 e. The van der Waals surface area contributed by atoms with Crippen molar-refractivity contribution in [2.45, 2.75) is 43.8 Å². The molecule has 3 aliphatic rings. The third-order valence-corrected chi connectivity index (χ3v) is 6.97. The molecule has 0 aromatic carbocycles. The van der Waals surface area contributed by atoms with Crippen LogP contribution in [0.5, 0.6) is 0 Å². The van der Waals surface area contributed by atoms with Crippen molar-refractivity contribution in [3.05, 3.63) is 0 Å². The summed E-state index contributed by atoms with van der Waals surface area (Å²) < 4.78 is 5.92. The first-order valence-electron chi connectivity index (χ1n) is 9.79. The largest absolute Gasteiger partial charge is 0.379 e. The number of thioether (sulfide) groups is 1. The number of guanidine groups is 1. The van der Waals surface area contributed by atoms with Crippen LogP contribution in [-0.2, 0) is 4.74 Å². The van der Waals surface area contributed by atoms with Crippen LogP contribution >= 0.6 is 35.7 Å². The number of rotatable bonds is 4. The highest BCUT2D eigenvalue weighted by atomic mass is 127. The van der Waals surface area contributed by atoms with Crippen molar-refractivity contribution < 1.29 is 4.74 Å². The second-order valence-corrected chi connectivity index (χ2v) is 8.77. The summed E-state index contributed by atoms with van der Waals surface area (Å²) in [5.74, 6) is 2.38. The van der Waals surface area contributed by atoms with E-state index in [1.807, 2.05) is 0 Å². The molecule has 0 aromatic rings. The molecule has 0 aromatic heterocycles. The number of aliphatic imine (C=N–C) groups is 1. The molecule has 2 aliphatic heterocycles. The molecule has 7 heteroatoms. The molecular weight excluding hydrogens is 447 g/mol. The van der Waals surface area contributed by atoms with Crippen molar-refractivity contribution in [3.8, 4) is 0 Å². The maximum atomic E-state index is 5.42. The van der Waals surface area contributed by atoms with E-state index in [4.69, 9.17) is 9.73 Å². The fourth-order valence-corrected chi connectivity index (χ4v) is 5.64. The number of nitrogens with one attached hydrogen (secondary N) is 1. The molecule has 25 heavy (non-hydrogen) atoms. The lowest BCUT2D eigenvalue weighted by molar-refractivity contribution is 0.0394. The molecule has 1 spiro atoms. The lowest BCUT2D eigenvalue weighted by Crippen LogP contribution is -2.53. The molecule has 0 radical (unpaired) electrons. The predicted molar refractivity (Wildman–Crippen MR) is 118 cm³/mol. The molecule has 3 fully saturated rings. The number of hydrogen-bond acceptors (Lipinski definition) is 4. The first-order chi connectivity index (χ1) is 11.8. The SMILES string of the molecule is CCNC(=NCCN1CCOCC1)N1CCSC2(CCCCC2)C1.I. The van der Waals surface area contributed by atoms with Gasteiger partial charge in [0.05, 0.1) is 19.8 Å². The van der Waals surface area contributed by atoms with Gasteiger partial charge in [-0.1, -0.05) is 19.3 Å². The minimum absolute atomic E-state index is 0. The maximum absolute atomic E-state index is 5.42. The Balaban J connectivity index is 0.00000225. The van der Waals surface area contributed by atoms with E-state index in [0.29, 0.717) is 4.75 Å². The van der Waals surface area contributed by atoms with E-state index in [9.17, 15) is 0 Å². The summed E-state index contributed by atoms with van der Waals surface area (Å²) >= 11 is 2.23. The van der Waals surface area contributed by atoms with Crippen molar-refractivity contribution in [2.75, 3.05) is 64.8 Å². The van der Waals surface area contributed by atoms with Crippen LogP contribution in [0.1, 0.15) is 39.0 Å². The van der Waals surface area contributed by atoms with Crippen LogP contribution in [0.4, 0.5) is 0 Å². The molecule has 0 unspecified atom stereocenters. The van der Waals surface area contributed by atoms with Crippen molar-refractivity contribution in [1.29, 1.82) is 0 Å². The van der Waals surface area contributed by atoms with E-state index in [1.165, 1.54) is 44.4 Å². The van der Waals surface area contributed by atoms with E-state index in [2.05, 4.69) is 33.8 Å². The average molecular weight is 482 g/mol. The average Bonchev–Trinajstić information content (AvgIpc) is 2.63. The van der Waals surface area contributed by atoms with Gasteiger partial charge in [-0.2, -0.15) is 11.8 Å². The summed E-state index contributed by atoms with van der Waals surface area (Å²) in [6.45, 7) is 11.2. The summed E-state index contributed by atoms with van der Waals surface area (Å²) in [6.07, 6.45) is 7.02. The van der Waals surface area contributed by atoms with Gasteiger partial charge in [-0.3, -0.25) is 9.89 Å². The molecule has 2 saturated heterocycles. The molecule has 0 atom stereocenters. The predicted octanol–water partition coefficient (Wildman–Crippen LogP) is 2.65. The highest BCUT2D eigenvalue weighted by Gasteiger charge is 2.38. The third-order valence-electron chi connectivity index (χ3n) is 5.43. The molecule has 0 amide bonds. The van der Waals surface area contributed by atoms with Crippen molar-refractivity contribution >= 4 is 41.7 Å². The zero-order valence-electron chi connectivity index (χ0n) is 15.7. The first-order valence-corrected chi connectivity index (χ1v) is 10.8. The van der Waals surface area contributed by atoms with Gasteiger partial charge >= 0.3 is 0 Å². The quantitative estimate of drug-likeness (QED) is 0.379. The number of nitrogens with zero attached hydrogens (tertiary/aromatic N) is 3. The van der Waals surface area contributed by atoms with Gasteiger partial charge in [0.2, 0.25) is 0 Å². The van der Waals surface area contributed by atoms with E-state index < -0.39 is 0 Å². The normalized spacial score (nSPS) is 24.8. The highest BCUT2D eigenvalue weighted by Crippen LogP contribution is 2.42. The van der Waals surface area contributed by atoms with Crippen LogP contribution < -0.4 is 5.32 Å². The zero-order chi connectivity index (χ0) is 16.7. The topological polar surface area (TPSA) is 40.1 Å². The Morgan fingerprint density at radius 1 is 1.16 bits per heavy atom. The van der Waals surface area contributed by atoms with Gasteiger partial charge in [-0.05, 0) is 19.8 Å². The summed E-state index contributed by atoms with van der Waals surface area (Å²) in [5.41, 5.74) is 0. The molecule has 5 nitrogen and oxygen atoms in total. The number of morpholine rings is 1. The van der Waals surface area contributed by atoms with Crippen LogP contribution in [0.25, 0.3) is 0 Å². The summed E-state index contributed by atoms with van der Waals surface area (Å²) in [5, 5.41) is 3.54. The van der Waals surface area contributed by atoms with Crippen LogP contribution in [-0.4, -0.2) is 85.3 Å². The second kappa shape index (κ2) is 11.2. The molecule has 0 bridgehead atoms. The van der Waals surface area contributed by atoms with E-state index in [0.717, 1.165) is 58.4 Å². The first kappa shape index (κ1) is 21.6. The molecule has 3 rings (SSSR count). The Kier molecular flexibility index (Phi) is 9.65. The fraction of sp³-hybridized carbons (Fsp3) is 0.944. The molecule has 146 valence electrons. The van der Waals surface area contributed by atoms with Gasteiger partial charge in [0, 0.05) is 49.8 Å². The van der Waals surface area contributed by atoms with Crippen LogP contribution in [0, 0.1) is 0 Å². The molecular formula is C18H35IN4OS. The van der Waals surface area contributed by atoms with Crippen LogP contribution in [0.2, 0.25) is 0 Å². The minimum atomic E-state index is 0. The van der Waals surface area contributed by atoms with E-state index in [-0.39, 0.29) is 24.0 Å². The zero-order valence-corrected chi connectivity index (χ0v) is 18.8. The Morgan fingerprint density at radius 2 is 1.92 bits per heavy atom. The Hall–Kier alpha value is 0.270. The van der Waals surface area contributed by atoms with Gasteiger partial charge < -0.3 is 15.0 Å². The van der Waals surface area contributed by atoms with Gasteiger partial charge in [0.1, 0.15) is 0 Å². The fourth-order valence-electron chi connectivity index (χ4n) is 4.07. The second-order valence-electron chi connectivity index (χ2n) is 7.20. The Morgan fingerprint density at radius 3 is 2.64 bits per heavy atom. The summed E-state index contributed by atoms with van der Waals surface area (Å²) in [7, 11) is 0. The lowest BCUT2D eigenvalue weighted by Gasteiger charge is -2.45. The monoisotopic (exact) mass is 482 g/mol. The molecule has 1 aliphatic carbocycles. The summed E-state index contributed by atoms with van der Waals surface area (Å²) in [6, 6.07) is 0. The minimum Gasteiger partial charge on any atom is -0.379 e. The molecule has 1 saturated carbocycles. The Bertz CT molecular complexity index is 406. The molecule has 1 N–H and O–H groups in total. The number of hydrogen-bond donors (Lipinski definition) is 1. The van der Waals surface area contributed by atoms with E-state index >= 15 is 0 Å². The molecule has 2 heterocycles. The van der Waals surface area contributed by atoms with Gasteiger partial charge in [-0.15, -0.1) is 24.0 Å². The highest BCUT2D eigenvalue weighted by molar-refractivity contribution is 14.0. The number of ether oxygens (including phenoxy) is 1. The van der Waals surface area contributed by atoms with Crippen LogP contribution in [0.3, 0.4) is 0 Å².